The average molecular weight is 673 g/mol. The van der Waals surface area contributed by atoms with Gasteiger partial charge in [-0.05, 0) is 69.5 Å². The van der Waals surface area contributed by atoms with Crippen molar-refractivity contribution in [3.8, 4) is 16.9 Å². The summed E-state index contributed by atoms with van der Waals surface area (Å²) >= 11 is 6.90. The van der Waals surface area contributed by atoms with E-state index in [-0.39, 0.29) is 51.8 Å². The maximum Gasteiger partial charge on any atom is 0.355 e. The number of pyridine rings is 1. The van der Waals surface area contributed by atoms with E-state index >= 15 is 4.39 Å². The van der Waals surface area contributed by atoms with Crippen LogP contribution in [-0.4, -0.2) is 78.5 Å². The molecule has 1 aromatic carbocycles. The number of likely N-dealkylation sites (tertiary alicyclic amines) is 1. The number of carbonyl (C=O) groups is 1. The third-order valence-electron chi connectivity index (χ3n) is 9.26. The van der Waals surface area contributed by atoms with Crippen LogP contribution in [0.2, 0.25) is 5.02 Å². The van der Waals surface area contributed by atoms with Crippen LogP contribution in [0, 0.1) is 5.82 Å². The molecule has 48 heavy (non-hydrogen) atoms. The molecule has 0 saturated carbocycles. The highest BCUT2D eigenvalue weighted by molar-refractivity contribution is 6.33. The third kappa shape index (κ3) is 6.09. The largest absolute Gasteiger partial charge is 0.355 e. The summed E-state index contributed by atoms with van der Waals surface area (Å²) in [5, 5.41) is 0.743. The highest BCUT2D eigenvalue weighted by atomic mass is 35.5. The molecule has 2 fully saturated rings. The summed E-state index contributed by atoms with van der Waals surface area (Å²) in [5.74, 6) is 0.355. The molecule has 3 aromatic heterocycles. The van der Waals surface area contributed by atoms with Crippen molar-refractivity contribution in [2.24, 2.45) is 0 Å². The second-order valence-electron chi connectivity index (χ2n) is 13.5. The number of aromatic nitrogens is 5. The van der Waals surface area contributed by atoms with Gasteiger partial charge in [-0.25, -0.2) is 28.7 Å². The van der Waals surface area contributed by atoms with Gasteiger partial charge in [-0.15, -0.1) is 0 Å². The number of piperazine rings is 1. The Kier molecular flexibility index (Phi) is 9.37. The average Bonchev–Trinajstić information content (AvgIpc) is 3.03. The van der Waals surface area contributed by atoms with Crippen LogP contribution < -0.4 is 10.6 Å². The lowest BCUT2D eigenvalue weighted by molar-refractivity contribution is -0.128. The summed E-state index contributed by atoms with van der Waals surface area (Å²) in [4.78, 5) is 52.9. The van der Waals surface area contributed by atoms with Gasteiger partial charge in [0.15, 0.2) is 5.65 Å². The minimum absolute atomic E-state index is 0.0630. The van der Waals surface area contributed by atoms with Gasteiger partial charge in [-0.3, -0.25) is 9.69 Å². The van der Waals surface area contributed by atoms with E-state index < -0.39 is 11.5 Å². The van der Waals surface area contributed by atoms with Crippen LogP contribution in [-0.2, 0) is 11.3 Å². The summed E-state index contributed by atoms with van der Waals surface area (Å²) in [5.41, 5.74) is 2.12. The molecule has 252 valence electrons. The van der Waals surface area contributed by atoms with Crippen molar-refractivity contribution < 1.29 is 9.18 Å². The number of nitrogens with zero attached hydrogens (tertiary/aromatic N) is 8. The Morgan fingerprint density at radius 1 is 1.02 bits per heavy atom. The quantitative estimate of drug-likeness (QED) is 0.207. The molecule has 0 N–H and O–H groups in total. The standard InChI is InChI=1S/C36H42ClFN8O2/c1-8-29(47)44-17-23(7)45(18-22(44)6)34-25-16-26(37)32(24-12-9-10-13-27(24)38)41-35(25)46(36(48)42-34)33-30(20(2)3)39-28(19-43-14-11-15-43)40-31(33)21(4)5/h8-10,12-13,16,20-23H,1,11,14-15,17-19H2,2-7H3/t22-,23+/m1/s1. The number of anilines is 1. The predicted octanol–water partition coefficient (Wildman–Crippen LogP) is 6.09. The Morgan fingerprint density at radius 3 is 2.27 bits per heavy atom. The van der Waals surface area contributed by atoms with Crippen LogP contribution in [0.5, 0.6) is 0 Å². The lowest BCUT2D eigenvalue weighted by Gasteiger charge is -2.44. The first-order chi connectivity index (χ1) is 22.9. The van der Waals surface area contributed by atoms with Crippen molar-refractivity contribution in [2.45, 2.75) is 78.4 Å². The molecule has 4 aromatic rings. The molecule has 2 aliphatic rings. The van der Waals surface area contributed by atoms with Gasteiger partial charge >= 0.3 is 5.69 Å². The van der Waals surface area contributed by atoms with E-state index in [0.29, 0.717) is 53.7 Å². The van der Waals surface area contributed by atoms with Crippen molar-refractivity contribution in [3.63, 3.8) is 0 Å². The predicted molar refractivity (Wildman–Crippen MR) is 187 cm³/mol. The fraction of sp³-hybridized carbons (Fsp3) is 0.444. The molecular weight excluding hydrogens is 631 g/mol. The van der Waals surface area contributed by atoms with E-state index in [9.17, 15) is 9.59 Å². The second-order valence-corrected chi connectivity index (χ2v) is 13.9. The third-order valence-corrected chi connectivity index (χ3v) is 9.55. The molecule has 12 heteroatoms. The number of benzene rings is 1. The topological polar surface area (TPSA) is 100 Å². The monoisotopic (exact) mass is 672 g/mol. The first-order valence-corrected chi connectivity index (χ1v) is 17.0. The molecule has 0 radical (unpaired) electrons. The van der Waals surface area contributed by atoms with Gasteiger partial charge in [0.1, 0.15) is 17.5 Å². The SMILES string of the molecule is C=CC(=O)N1C[C@H](C)N(c2nc(=O)n(-c3c(C(C)C)nc(CN4CCC4)nc3C(C)C)c3nc(-c4ccccc4F)c(Cl)cc23)C[C@H]1C. The molecule has 0 aliphatic carbocycles. The van der Waals surface area contributed by atoms with Crippen molar-refractivity contribution in [3.05, 3.63) is 81.5 Å². The van der Waals surface area contributed by atoms with E-state index in [4.69, 9.17) is 31.5 Å². The van der Waals surface area contributed by atoms with E-state index in [1.165, 1.54) is 16.7 Å². The van der Waals surface area contributed by atoms with Gasteiger partial charge in [0.25, 0.3) is 0 Å². The normalized spacial score (nSPS) is 18.5. The molecule has 10 nitrogen and oxygen atoms in total. The van der Waals surface area contributed by atoms with Gasteiger partial charge in [0.05, 0.1) is 39.7 Å². The number of hydrogen-bond donors (Lipinski definition) is 0. The van der Waals surface area contributed by atoms with Crippen LogP contribution in [0.4, 0.5) is 10.2 Å². The fourth-order valence-electron chi connectivity index (χ4n) is 6.60. The van der Waals surface area contributed by atoms with Crippen molar-refractivity contribution in [2.75, 3.05) is 31.1 Å². The van der Waals surface area contributed by atoms with Crippen molar-refractivity contribution >= 4 is 34.4 Å². The summed E-state index contributed by atoms with van der Waals surface area (Å²) in [6.45, 7) is 19.2. The summed E-state index contributed by atoms with van der Waals surface area (Å²) in [6.07, 6.45) is 2.47. The second kappa shape index (κ2) is 13.4. The van der Waals surface area contributed by atoms with Crippen molar-refractivity contribution in [1.29, 1.82) is 0 Å². The molecule has 0 spiro atoms. The molecule has 0 bridgehead atoms. The molecule has 5 heterocycles. The fourth-order valence-corrected chi connectivity index (χ4v) is 6.85. The van der Waals surface area contributed by atoms with Crippen LogP contribution >= 0.6 is 11.6 Å². The van der Waals surface area contributed by atoms with Crippen molar-refractivity contribution in [1.82, 2.24) is 34.3 Å². The highest BCUT2D eigenvalue weighted by Crippen LogP contribution is 2.37. The van der Waals surface area contributed by atoms with Crippen LogP contribution in [0.25, 0.3) is 28.0 Å². The lowest BCUT2D eigenvalue weighted by atomic mass is 10.0. The van der Waals surface area contributed by atoms with Crippen LogP contribution in [0.3, 0.4) is 0 Å². The highest BCUT2D eigenvalue weighted by Gasteiger charge is 2.34. The Bertz CT molecular complexity index is 1930. The smallest absolute Gasteiger partial charge is 0.349 e. The Balaban J connectivity index is 1.64. The maximum absolute atomic E-state index is 15.2. The Hall–Kier alpha value is -4.22. The first kappa shape index (κ1) is 33.7. The van der Waals surface area contributed by atoms with Gasteiger partial charge in [0.2, 0.25) is 5.91 Å². The molecular formula is C36H42ClFN8O2. The molecule has 2 saturated heterocycles. The lowest BCUT2D eigenvalue weighted by Crippen LogP contribution is -2.58. The number of rotatable bonds is 8. The zero-order valence-corrected chi connectivity index (χ0v) is 29.1. The van der Waals surface area contributed by atoms with E-state index in [2.05, 4.69) is 11.5 Å². The van der Waals surface area contributed by atoms with Gasteiger partial charge in [-0.2, -0.15) is 4.98 Å². The van der Waals surface area contributed by atoms with E-state index in [1.807, 2.05) is 46.4 Å². The molecule has 0 unspecified atom stereocenters. The summed E-state index contributed by atoms with van der Waals surface area (Å²) < 4.78 is 16.7. The number of amides is 1. The van der Waals surface area contributed by atoms with Crippen LogP contribution in [0.15, 0.2) is 47.8 Å². The van der Waals surface area contributed by atoms with E-state index in [1.54, 1.807) is 29.2 Å². The number of carbonyl (C=O) groups excluding carboxylic acids is 1. The molecule has 2 aliphatic heterocycles. The van der Waals surface area contributed by atoms with Gasteiger partial charge in [-0.1, -0.05) is 58.0 Å². The van der Waals surface area contributed by atoms with E-state index in [0.717, 1.165) is 19.5 Å². The molecule has 1 amide bonds. The molecule has 2 atom stereocenters. The first-order valence-electron chi connectivity index (χ1n) is 16.6. The number of halogens is 2. The zero-order chi connectivity index (χ0) is 34.4. The zero-order valence-electron chi connectivity index (χ0n) is 28.4. The van der Waals surface area contributed by atoms with Crippen LogP contribution in [0.1, 0.15) is 77.0 Å². The Morgan fingerprint density at radius 2 is 1.69 bits per heavy atom. The summed E-state index contributed by atoms with van der Waals surface area (Å²) in [7, 11) is 0. The van der Waals surface area contributed by atoms with Gasteiger partial charge < -0.3 is 9.80 Å². The number of fused-ring (bicyclic) bond motifs is 1. The number of hydrogen-bond acceptors (Lipinski definition) is 8. The minimum atomic E-state index is -0.556. The maximum atomic E-state index is 15.2. The summed E-state index contributed by atoms with van der Waals surface area (Å²) in [6, 6.07) is 7.64. The molecule has 6 rings (SSSR count). The minimum Gasteiger partial charge on any atom is -0.349 e. The Labute approximate surface area is 285 Å². The van der Waals surface area contributed by atoms with Gasteiger partial charge in [0, 0.05) is 30.7 Å².